The molecular weight excluding hydrogens is 390 g/mol. The number of carbonyl (C=O) groups excluding carboxylic acids is 1. The minimum atomic E-state index is -0.0799. The van der Waals surface area contributed by atoms with E-state index in [9.17, 15) is 9.59 Å². The van der Waals surface area contributed by atoms with Crippen LogP contribution in [0, 0.1) is 13.8 Å². The number of aryl methyl sites for hydroxylation is 2. The first-order chi connectivity index (χ1) is 13.4. The van der Waals surface area contributed by atoms with E-state index in [4.69, 9.17) is 0 Å². The van der Waals surface area contributed by atoms with E-state index in [1.54, 1.807) is 23.1 Å². The Morgan fingerprint density at radius 3 is 2.68 bits per heavy atom. The van der Waals surface area contributed by atoms with Gasteiger partial charge in [0.15, 0.2) is 0 Å². The average Bonchev–Trinajstić information content (AvgIpc) is 2.96. The van der Waals surface area contributed by atoms with Crippen LogP contribution in [0.2, 0.25) is 0 Å². The number of rotatable bonds is 7. The van der Waals surface area contributed by atoms with Crippen molar-refractivity contribution in [2.45, 2.75) is 45.4 Å². The Hall–Kier alpha value is -2.12. The second-order valence-electron chi connectivity index (χ2n) is 6.88. The Balaban J connectivity index is 1.55. The summed E-state index contributed by atoms with van der Waals surface area (Å²) < 4.78 is 0. The minimum Gasteiger partial charge on any atom is -0.350 e. The molecule has 0 aliphatic rings. The van der Waals surface area contributed by atoms with Crippen molar-refractivity contribution < 1.29 is 4.79 Å². The Kier molecular flexibility index (Phi) is 6.57. The van der Waals surface area contributed by atoms with E-state index in [2.05, 4.69) is 15.3 Å². The molecule has 2 aromatic heterocycles. The number of nitrogens with one attached hydrogen (secondary N) is 2. The van der Waals surface area contributed by atoms with Crippen LogP contribution >= 0.6 is 23.1 Å². The van der Waals surface area contributed by atoms with Crippen LogP contribution in [0.4, 0.5) is 0 Å². The number of hydrogen-bond acceptors (Lipinski definition) is 5. The van der Waals surface area contributed by atoms with Gasteiger partial charge in [0.25, 0.3) is 5.56 Å². The van der Waals surface area contributed by atoms with Crippen LogP contribution in [-0.2, 0) is 4.79 Å². The molecule has 2 N–H and O–H groups in total. The van der Waals surface area contributed by atoms with Gasteiger partial charge in [0.1, 0.15) is 10.7 Å². The number of hydrogen-bond donors (Lipinski definition) is 2. The zero-order chi connectivity index (χ0) is 20.3. The molecule has 28 heavy (non-hydrogen) atoms. The molecule has 2 heterocycles. The fourth-order valence-corrected chi connectivity index (χ4v) is 4.97. The largest absolute Gasteiger partial charge is 0.350 e. The second kappa shape index (κ2) is 8.92. The molecule has 0 aliphatic heterocycles. The molecule has 7 heteroatoms. The molecule has 0 unspecified atom stereocenters. The van der Waals surface area contributed by atoms with Gasteiger partial charge in [-0.05, 0) is 38.8 Å². The second-order valence-corrected chi connectivity index (χ2v) is 9.53. The molecular formula is C21H25N3O2S2. The average molecular weight is 416 g/mol. The first-order valence-corrected chi connectivity index (χ1v) is 11.2. The number of aromatic amines is 1. The van der Waals surface area contributed by atoms with Crippen LogP contribution in [0.5, 0.6) is 0 Å². The number of thiophene rings is 1. The summed E-state index contributed by atoms with van der Waals surface area (Å²) in [5, 5.41) is 3.73. The van der Waals surface area contributed by atoms with Crippen molar-refractivity contribution in [3.8, 4) is 0 Å². The monoisotopic (exact) mass is 415 g/mol. The highest BCUT2D eigenvalue weighted by Gasteiger charge is 2.16. The fourth-order valence-electron chi connectivity index (χ4n) is 3.01. The lowest BCUT2D eigenvalue weighted by atomic mass is 10.1. The van der Waals surface area contributed by atoms with Crippen LogP contribution < -0.4 is 10.9 Å². The van der Waals surface area contributed by atoms with Gasteiger partial charge >= 0.3 is 0 Å². The molecule has 5 nitrogen and oxygen atoms in total. The highest BCUT2D eigenvalue weighted by atomic mass is 32.2. The van der Waals surface area contributed by atoms with E-state index in [0.717, 1.165) is 20.8 Å². The predicted molar refractivity (Wildman–Crippen MR) is 118 cm³/mol. The minimum absolute atomic E-state index is 0.0122. The quantitative estimate of drug-likeness (QED) is 0.588. The molecule has 0 fully saturated rings. The summed E-state index contributed by atoms with van der Waals surface area (Å²) >= 11 is 3.17. The fraction of sp³-hybridized carbons (Fsp3) is 0.381. The highest BCUT2D eigenvalue weighted by molar-refractivity contribution is 7.99. The van der Waals surface area contributed by atoms with Crippen LogP contribution in [-0.4, -0.2) is 21.6 Å². The Bertz CT molecular complexity index is 1030. The molecule has 1 amide bonds. The van der Waals surface area contributed by atoms with Crippen LogP contribution in [0.1, 0.15) is 53.4 Å². The van der Waals surface area contributed by atoms with Crippen molar-refractivity contribution in [3.05, 3.63) is 62.5 Å². The molecule has 0 aliphatic carbocycles. The summed E-state index contributed by atoms with van der Waals surface area (Å²) in [5.74, 6) is 1.36. The molecule has 0 bridgehead atoms. The van der Waals surface area contributed by atoms with Crippen molar-refractivity contribution in [1.82, 2.24) is 15.3 Å². The smallest absolute Gasteiger partial charge is 0.259 e. The Morgan fingerprint density at radius 2 is 1.96 bits per heavy atom. The van der Waals surface area contributed by atoms with Crippen LogP contribution in [0.15, 0.2) is 35.1 Å². The maximum Gasteiger partial charge on any atom is 0.259 e. The van der Waals surface area contributed by atoms with E-state index in [1.165, 1.54) is 0 Å². The molecule has 2 atom stereocenters. The maximum atomic E-state index is 12.4. The first kappa shape index (κ1) is 20.6. The van der Waals surface area contributed by atoms with Gasteiger partial charge in [-0.2, -0.15) is 11.8 Å². The third-order valence-corrected chi connectivity index (χ3v) is 7.08. The predicted octanol–water partition coefficient (Wildman–Crippen LogP) is 4.66. The van der Waals surface area contributed by atoms with Gasteiger partial charge in [-0.1, -0.05) is 30.3 Å². The molecule has 148 valence electrons. The van der Waals surface area contributed by atoms with E-state index >= 15 is 0 Å². The van der Waals surface area contributed by atoms with Gasteiger partial charge in [0.05, 0.1) is 16.7 Å². The third-order valence-electron chi connectivity index (χ3n) is 4.82. The highest BCUT2D eigenvalue weighted by Crippen LogP contribution is 2.30. The lowest BCUT2D eigenvalue weighted by Gasteiger charge is -2.15. The van der Waals surface area contributed by atoms with Crippen molar-refractivity contribution in [2.75, 3.05) is 5.75 Å². The summed E-state index contributed by atoms with van der Waals surface area (Å²) in [6.45, 7) is 7.95. The number of thioether (sulfide) groups is 1. The van der Waals surface area contributed by atoms with E-state index in [1.807, 2.05) is 58.0 Å². The number of H-pyrrole nitrogens is 1. The van der Waals surface area contributed by atoms with Crippen LogP contribution in [0.3, 0.4) is 0 Å². The van der Waals surface area contributed by atoms with Crippen molar-refractivity contribution >= 4 is 39.2 Å². The number of amides is 1. The summed E-state index contributed by atoms with van der Waals surface area (Å²) in [7, 11) is 0. The van der Waals surface area contributed by atoms with Crippen molar-refractivity contribution in [2.24, 2.45) is 0 Å². The molecule has 0 radical (unpaired) electrons. The lowest BCUT2D eigenvalue weighted by Crippen LogP contribution is -2.26. The van der Waals surface area contributed by atoms with Gasteiger partial charge in [-0.25, -0.2) is 4.98 Å². The molecule has 3 rings (SSSR count). The normalized spacial score (nSPS) is 13.4. The van der Waals surface area contributed by atoms with E-state index in [-0.39, 0.29) is 22.8 Å². The SMILES string of the molecule is Cc1sc2nc([C@@H](C)SCCC(=O)N[C@@H](C)c3ccccc3)[nH]c(=O)c2c1C. The number of carbonyl (C=O) groups is 1. The molecule has 1 aromatic carbocycles. The number of aromatic nitrogens is 2. The molecule has 0 saturated carbocycles. The van der Waals surface area contributed by atoms with Crippen LogP contribution in [0.25, 0.3) is 10.2 Å². The summed E-state index contributed by atoms with van der Waals surface area (Å²) in [4.78, 5) is 34.1. The lowest BCUT2D eigenvalue weighted by molar-refractivity contribution is -0.121. The number of benzene rings is 1. The maximum absolute atomic E-state index is 12.4. The zero-order valence-corrected chi connectivity index (χ0v) is 18.2. The topological polar surface area (TPSA) is 74.8 Å². The standard InChI is InChI=1S/C21H25N3O2S2/c1-12-14(3)28-21-18(12)20(26)23-19(24-21)15(4)27-11-10-17(25)22-13(2)16-8-6-5-7-9-16/h5-9,13,15H,10-11H2,1-4H3,(H,22,25)(H,23,24,26)/t13-,15+/m0/s1. The first-order valence-electron chi connectivity index (χ1n) is 9.32. The van der Waals surface area contributed by atoms with Crippen molar-refractivity contribution in [1.29, 1.82) is 0 Å². The molecule has 3 aromatic rings. The Morgan fingerprint density at radius 1 is 1.25 bits per heavy atom. The third kappa shape index (κ3) is 4.64. The van der Waals surface area contributed by atoms with Gasteiger partial charge in [-0.15, -0.1) is 11.3 Å². The van der Waals surface area contributed by atoms with Gasteiger partial charge in [-0.3, -0.25) is 9.59 Å². The van der Waals surface area contributed by atoms with Gasteiger partial charge in [0, 0.05) is 17.1 Å². The van der Waals surface area contributed by atoms with E-state index < -0.39 is 0 Å². The van der Waals surface area contributed by atoms with Gasteiger partial charge in [0.2, 0.25) is 5.91 Å². The van der Waals surface area contributed by atoms with E-state index in [0.29, 0.717) is 23.4 Å². The van der Waals surface area contributed by atoms with Crippen molar-refractivity contribution in [3.63, 3.8) is 0 Å². The number of nitrogens with zero attached hydrogens (tertiary/aromatic N) is 1. The molecule has 0 saturated heterocycles. The molecule has 0 spiro atoms. The Labute approximate surface area is 173 Å². The number of fused-ring (bicyclic) bond motifs is 1. The summed E-state index contributed by atoms with van der Waals surface area (Å²) in [6.07, 6.45) is 0.426. The summed E-state index contributed by atoms with van der Waals surface area (Å²) in [6, 6.07) is 9.90. The zero-order valence-electron chi connectivity index (χ0n) is 16.5. The summed E-state index contributed by atoms with van der Waals surface area (Å²) in [5.41, 5.74) is 2.02. The van der Waals surface area contributed by atoms with Gasteiger partial charge < -0.3 is 10.3 Å².